The average molecular weight is 269 g/mol. The first-order valence-electron chi connectivity index (χ1n) is 7.13. The maximum atomic E-state index is 10.5. The zero-order chi connectivity index (χ0) is 14.4. The van der Waals surface area contributed by atoms with E-state index in [0.717, 1.165) is 12.0 Å². The molecule has 0 unspecified atom stereocenters. The number of hydrogen-bond donors (Lipinski definition) is 2. The van der Waals surface area contributed by atoms with Crippen LogP contribution in [0, 0.1) is 0 Å². The summed E-state index contributed by atoms with van der Waals surface area (Å²) in [7, 11) is 0. The van der Waals surface area contributed by atoms with Gasteiger partial charge in [0.25, 0.3) is 0 Å². The Morgan fingerprint density at radius 3 is 2.15 bits per heavy atom. The van der Waals surface area contributed by atoms with E-state index in [4.69, 9.17) is 0 Å². The van der Waals surface area contributed by atoms with Gasteiger partial charge in [0.05, 0.1) is 5.60 Å². The predicted molar refractivity (Wildman–Crippen MR) is 83.6 cm³/mol. The maximum absolute atomic E-state index is 10.5. The molecule has 0 aliphatic rings. The lowest BCUT2D eigenvalue weighted by Crippen LogP contribution is -2.40. The summed E-state index contributed by atoms with van der Waals surface area (Å²) in [5, 5.41) is 14.0. The lowest BCUT2D eigenvalue weighted by Gasteiger charge is -2.26. The van der Waals surface area contributed by atoms with Gasteiger partial charge in [-0.1, -0.05) is 60.7 Å². The van der Waals surface area contributed by atoms with Gasteiger partial charge in [0.15, 0.2) is 0 Å². The molecule has 2 N–H and O–H groups in total. The van der Waals surface area contributed by atoms with Gasteiger partial charge in [0, 0.05) is 12.6 Å². The van der Waals surface area contributed by atoms with Gasteiger partial charge in [0.2, 0.25) is 0 Å². The second kappa shape index (κ2) is 6.69. The van der Waals surface area contributed by atoms with Crippen molar-refractivity contribution >= 4 is 0 Å². The Kier molecular flexibility index (Phi) is 4.94. The summed E-state index contributed by atoms with van der Waals surface area (Å²) >= 11 is 0. The van der Waals surface area contributed by atoms with Crippen LogP contribution in [0.3, 0.4) is 0 Å². The summed E-state index contributed by atoms with van der Waals surface area (Å²) in [5.41, 5.74) is 1.41. The van der Waals surface area contributed by atoms with Gasteiger partial charge in [-0.25, -0.2) is 0 Å². The second-order valence-corrected chi connectivity index (χ2v) is 5.61. The summed E-state index contributed by atoms with van der Waals surface area (Å²) in [6, 6.07) is 20.5. The predicted octanol–water partition coefficient (Wildman–Crippen LogP) is 3.11. The highest BCUT2D eigenvalue weighted by molar-refractivity contribution is 5.22. The first-order chi connectivity index (χ1) is 9.58. The Morgan fingerprint density at radius 1 is 1.00 bits per heavy atom. The number of benzene rings is 2. The zero-order valence-corrected chi connectivity index (χ0v) is 12.2. The van der Waals surface area contributed by atoms with Crippen molar-refractivity contribution in [3.8, 4) is 0 Å². The van der Waals surface area contributed by atoms with Crippen LogP contribution in [0.4, 0.5) is 0 Å². The molecule has 2 aromatic carbocycles. The van der Waals surface area contributed by atoms with Gasteiger partial charge in [0.1, 0.15) is 0 Å². The van der Waals surface area contributed by atoms with Crippen molar-refractivity contribution in [3.05, 3.63) is 71.8 Å². The van der Waals surface area contributed by atoms with Gasteiger partial charge in [-0.2, -0.15) is 0 Å². The standard InChI is InChI=1S/C18H23NO/c1-15(13-16-9-5-3-6-10-16)19-14-18(2,20)17-11-7-4-8-12-17/h3-12,15,19-20H,13-14H2,1-2H3/t15-,18-/m0/s1. The molecule has 0 radical (unpaired) electrons. The molecule has 0 bridgehead atoms. The summed E-state index contributed by atoms with van der Waals surface area (Å²) in [6.07, 6.45) is 0.964. The molecule has 0 saturated carbocycles. The normalized spacial score (nSPS) is 15.6. The highest BCUT2D eigenvalue weighted by Crippen LogP contribution is 2.19. The van der Waals surface area contributed by atoms with Crippen molar-refractivity contribution in [3.63, 3.8) is 0 Å². The van der Waals surface area contributed by atoms with Crippen molar-refractivity contribution in [2.75, 3.05) is 6.54 Å². The van der Waals surface area contributed by atoms with E-state index in [0.29, 0.717) is 12.6 Å². The first-order valence-corrected chi connectivity index (χ1v) is 7.13. The second-order valence-electron chi connectivity index (χ2n) is 5.61. The summed E-state index contributed by atoms with van der Waals surface area (Å²) in [5.74, 6) is 0. The minimum atomic E-state index is -0.841. The number of hydrogen-bond acceptors (Lipinski definition) is 2. The molecule has 0 heterocycles. The van der Waals surface area contributed by atoms with Gasteiger partial charge in [-0.15, -0.1) is 0 Å². The highest BCUT2D eigenvalue weighted by Gasteiger charge is 2.22. The Balaban J connectivity index is 1.88. The van der Waals surface area contributed by atoms with Crippen LogP contribution in [0.15, 0.2) is 60.7 Å². The van der Waals surface area contributed by atoms with E-state index in [1.165, 1.54) is 5.56 Å². The fourth-order valence-electron chi connectivity index (χ4n) is 2.31. The molecule has 20 heavy (non-hydrogen) atoms. The fraction of sp³-hybridized carbons (Fsp3) is 0.333. The third-order valence-corrected chi connectivity index (χ3v) is 3.58. The molecule has 0 spiro atoms. The number of nitrogens with one attached hydrogen (secondary N) is 1. The Bertz CT molecular complexity index is 507. The molecule has 0 aliphatic heterocycles. The quantitative estimate of drug-likeness (QED) is 0.844. The van der Waals surface area contributed by atoms with E-state index in [1.54, 1.807) is 0 Å². The molecule has 2 heteroatoms. The van der Waals surface area contributed by atoms with E-state index < -0.39 is 5.60 Å². The van der Waals surface area contributed by atoms with Crippen molar-refractivity contribution in [1.29, 1.82) is 0 Å². The average Bonchev–Trinajstić information content (AvgIpc) is 2.47. The van der Waals surface area contributed by atoms with Crippen molar-refractivity contribution in [1.82, 2.24) is 5.32 Å². The molecule has 106 valence electrons. The lowest BCUT2D eigenvalue weighted by atomic mass is 9.95. The molecule has 0 saturated heterocycles. The van der Waals surface area contributed by atoms with E-state index in [-0.39, 0.29) is 0 Å². The van der Waals surface area contributed by atoms with Gasteiger partial charge in [-0.05, 0) is 31.4 Å². The van der Waals surface area contributed by atoms with Crippen LogP contribution >= 0.6 is 0 Å². The van der Waals surface area contributed by atoms with E-state index >= 15 is 0 Å². The topological polar surface area (TPSA) is 32.3 Å². The molecular formula is C18H23NO. The molecule has 0 aliphatic carbocycles. The van der Waals surface area contributed by atoms with Crippen LogP contribution < -0.4 is 5.32 Å². The molecule has 2 rings (SSSR count). The maximum Gasteiger partial charge on any atom is 0.0992 e. The molecular weight excluding hydrogens is 246 g/mol. The number of rotatable bonds is 6. The van der Waals surface area contributed by atoms with E-state index in [2.05, 4.69) is 36.5 Å². The van der Waals surface area contributed by atoms with Crippen molar-refractivity contribution in [2.24, 2.45) is 0 Å². The van der Waals surface area contributed by atoms with Crippen molar-refractivity contribution in [2.45, 2.75) is 31.9 Å². The highest BCUT2D eigenvalue weighted by atomic mass is 16.3. The lowest BCUT2D eigenvalue weighted by molar-refractivity contribution is 0.0544. The Hall–Kier alpha value is -1.64. The minimum absolute atomic E-state index is 0.326. The molecule has 2 nitrogen and oxygen atoms in total. The first kappa shape index (κ1) is 14.8. The fourth-order valence-corrected chi connectivity index (χ4v) is 2.31. The smallest absolute Gasteiger partial charge is 0.0992 e. The SMILES string of the molecule is C[C@@H](Cc1ccccc1)NC[C@](C)(O)c1ccccc1. The zero-order valence-electron chi connectivity index (χ0n) is 12.2. The summed E-state index contributed by atoms with van der Waals surface area (Å²) in [6.45, 7) is 4.55. The monoisotopic (exact) mass is 269 g/mol. The van der Waals surface area contributed by atoms with Crippen LogP contribution in [0.25, 0.3) is 0 Å². The molecule has 2 aromatic rings. The molecule has 0 aromatic heterocycles. The third kappa shape index (κ3) is 4.19. The van der Waals surface area contributed by atoms with Gasteiger partial charge < -0.3 is 10.4 Å². The minimum Gasteiger partial charge on any atom is -0.384 e. The Labute approximate surface area is 121 Å². The van der Waals surface area contributed by atoms with Crippen LogP contribution in [0.5, 0.6) is 0 Å². The van der Waals surface area contributed by atoms with E-state index in [9.17, 15) is 5.11 Å². The summed E-state index contributed by atoms with van der Waals surface area (Å²) in [4.78, 5) is 0. The summed E-state index contributed by atoms with van der Waals surface area (Å²) < 4.78 is 0. The molecule has 2 atom stereocenters. The van der Waals surface area contributed by atoms with Gasteiger partial charge >= 0.3 is 0 Å². The Morgan fingerprint density at radius 2 is 1.55 bits per heavy atom. The van der Waals surface area contributed by atoms with Crippen LogP contribution in [-0.2, 0) is 12.0 Å². The molecule has 0 amide bonds. The largest absolute Gasteiger partial charge is 0.384 e. The van der Waals surface area contributed by atoms with Crippen molar-refractivity contribution < 1.29 is 5.11 Å². The molecule has 0 fully saturated rings. The van der Waals surface area contributed by atoms with Gasteiger partial charge in [-0.3, -0.25) is 0 Å². The van der Waals surface area contributed by atoms with Crippen LogP contribution in [0.2, 0.25) is 0 Å². The van der Waals surface area contributed by atoms with Crippen LogP contribution in [0.1, 0.15) is 25.0 Å². The van der Waals surface area contributed by atoms with E-state index in [1.807, 2.05) is 43.3 Å². The third-order valence-electron chi connectivity index (χ3n) is 3.58. The van der Waals surface area contributed by atoms with Crippen LogP contribution in [-0.4, -0.2) is 17.7 Å². The number of aliphatic hydroxyl groups is 1.